The van der Waals surface area contributed by atoms with Crippen molar-refractivity contribution in [1.82, 2.24) is 9.97 Å². The summed E-state index contributed by atoms with van der Waals surface area (Å²) in [5, 5.41) is 38.0. The van der Waals surface area contributed by atoms with Crippen molar-refractivity contribution < 1.29 is 25.2 Å². The zero-order chi connectivity index (χ0) is 13.3. The molecule has 0 radical (unpaired) electrons. The first-order valence-corrected chi connectivity index (χ1v) is 5.40. The van der Waals surface area contributed by atoms with Crippen molar-refractivity contribution in [1.29, 1.82) is 0 Å². The summed E-state index contributed by atoms with van der Waals surface area (Å²) in [7, 11) is 0. The molecule has 0 aliphatic carbocycles. The van der Waals surface area contributed by atoms with E-state index in [1.54, 1.807) is 0 Å². The van der Waals surface area contributed by atoms with E-state index in [0.29, 0.717) is 0 Å². The highest BCUT2D eigenvalue weighted by atomic mass is 16.5. The Morgan fingerprint density at radius 1 is 1.28 bits per heavy atom. The number of aliphatic hydroxyl groups is 4. The van der Waals surface area contributed by atoms with Gasteiger partial charge in [0.1, 0.15) is 36.3 Å². The fourth-order valence-electron chi connectivity index (χ4n) is 1.86. The smallest absolute Gasteiger partial charge is 0.250 e. The van der Waals surface area contributed by atoms with E-state index in [2.05, 4.69) is 9.97 Å². The van der Waals surface area contributed by atoms with Gasteiger partial charge in [0.2, 0.25) is 0 Å². The van der Waals surface area contributed by atoms with Crippen LogP contribution in [0.2, 0.25) is 0 Å². The largest absolute Gasteiger partial charge is 0.394 e. The molecule has 1 saturated heterocycles. The maximum atomic E-state index is 11.1. The lowest BCUT2D eigenvalue weighted by Crippen LogP contribution is -2.55. The monoisotopic (exact) mass is 258 g/mol. The molecular formula is C10H14N2O6. The van der Waals surface area contributed by atoms with Gasteiger partial charge in [0.05, 0.1) is 6.61 Å². The van der Waals surface area contributed by atoms with Crippen molar-refractivity contribution in [2.45, 2.75) is 30.5 Å². The number of rotatable bonds is 2. The fraction of sp³-hybridized carbons (Fsp3) is 0.600. The lowest BCUT2D eigenvalue weighted by Gasteiger charge is -2.39. The third-order valence-corrected chi connectivity index (χ3v) is 2.85. The van der Waals surface area contributed by atoms with Gasteiger partial charge >= 0.3 is 0 Å². The standard InChI is InChI=1S/C10H14N2O6/c13-3-4-6(15)7(16)8(17)9(18-4)10-11-2-1-5(14)12-10/h1-2,4,6-9,13,15-17H,3H2,(H,11,12,14)/t4-,6-,7+,8-,9-/m1/s1. The van der Waals surface area contributed by atoms with Gasteiger partial charge in [-0.1, -0.05) is 0 Å². The van der Waals surface area contributed by atoms with Crippen molar-refractivity contribution in [3.05, 3.63) is 28.4 Å². The molecule has 1 aromatic heterocycles. The molecule has 18 heavy (non-hydrogen) atoms. The molecule has 0 unspecified atom stereocenters. The molecule has 8 nitrogen and oxygen atoms in total. The van der Waals surface area contributed by atoms with Gasteiger partial charge in [-0.3, -0.25) is 4.79 Å². The third-order valence-electron chi connectivity index (χ3n) is 2.85. The first-order chi connectivity index (χ1) is 8.54. The average Bonchev–Trinajstić information content (AvgIpc) is 2.36. The molecule has 0 bridgehead atoms. The van der Waals surface area contributed by atoms with Crippen LogP contribution >= 0.6 is 0 Å². The molecule has 100 valence electrons. The van der Waals surface area contributed by atoms with Gasteiger partial charge < -0.3 is 30.1 Å². The Labute approximate surface area is 102 Å². The maximum Gasteiger partial charge on any atom is 0.250 e. The molecule has 1 aliphatic rings. The van der Waals surface area contributed by atoms with Gasteiger partial charge in [-0.25, -0.2) is 4.98 Å². The van der Waals surface area contributed by atoms with E-state index in [0.717, 1.165) is 0 Å². The van der Waals surface area contributed by atoms with E-state index in [1.165, 1.54) is 12.3 Å². The summed E-state index contributed by atoms with van der Waals surface area (Å²) in [6, 6.07) is 1.19. The van der Waals surface area contributed by atoms with Crippen LogP contribution in [-0.2, 0) is 4.74 Å². The van der Waals surface area contributed by atoms with E-state index in [1.807, 2.05) is 0 Å². The lowest BCUT2D eigenvalue weighted by molar-refractivity contribution is -0.233. The summed E-state index contributed by atoms with van der Waals surface area (Å²) in [6.45, 7) is -0.529. The third kappa shape index (κ3) is 2.28. The van der Waals surface area contributed by atoms with Crippen LogP contribution in [0.25, 0.3) is 0 Å². The van der Waals surface area contributed by atoms with E-state index < -0.39 is 42.7 Å². The van der Waals surface area contributed by atoms with Crippen molar-refractivity contribution >= 4 is 0 Å². The van der Waals surface area contributed by atoms with Gasteiger partial charge in [-0.2, -0.15) is 0 Å². The van der Waals surface area contributed by atoms with Crippen LogP contribution in [0.5, 0.6) is 0 Å². The first kappa shape index (κ1) is 13.1. The minimum atomic E-state index is -1.49. The van der Waals surface area contributed by atoms with Crippen molar-refractivity contribution in [2.75, 3.05) is 6.61 Å². The fourth-order valence-corrected chi connectivity index (χ4v) is 1.86. The second kappa shape index (κ2) is 5.12. The Hall–Kier alpha value is -1.32. The van der Waals surface area contributed by atoms with Crippen LogP contribution in [-0.4, -0.2) is 61.4 Å². The van der Waals surface area contributed by atoms with Crippen molar-refractivity contribution in [3.63, 3.8) is 0 Å². The SMILES string of the molecule is O=c1ccnc([C@@H]2O[C@H](CO)[C@@H](O)[C@H](O)[C@H]2O)[nH]1. The number of aromatic amines is 1. The molecule has 2 heterocycles. The van der Waals surface area contributed by atoms with Crippen molar-refractivity contribution in [2.24, 2.45) is 0 Å². The molecule has 0 saturated carbocycles. The van der Waals surface area contributed by atoms with E-state index in [-0.39, 0.29) is 5.82 Å². The second-order valence-corrected chi connectivity index (χ2v) is 4.07. The highest BCUT2D eigenvalue weighted by Gasteiger charge is 2.44. The Kier molecular flexibility index (Phi) is 3.73. The number of nitrogens with one attached hydrogen (secondary N) is 1. The van der Waals surface area contributed by atoms with Gasteiger partial charge in [-0.15, -0.1) is 0 Å². The van der Waals surface area contributed by atoms with Crippen molar-refractivity contribution in [3.8, 4) is 0 Å². The van der Waals surface area contributed by atoms with Gasteiger partial charge in [0.15, 0.2) is 0 Å². The summed E-state index contributed by atoms with van der Waals surface area (Å²) in [5.41, 5.74) is -0.433. The predicted octanol–water partition coefficient (Wildman–Crippen LogP) is -2.72. The molecule has 0 amide bonds. The minimum absolute atomic E-state index is 0.0272. The van der Waals surface area contributed by atoms with Crippen LogP contribution in [0.1, 0.15) is 11.9 Å². The molecule has 2 rings (SSSR count). The van der Waals surface area contributed by atoms with Gasteiger partial charge in [0, 0.05) is 12.3 Å². The normalized spacial score (nSPS) is 36.6. The summed E-state index contributed by atoms with van der Waals surface area (Å²) in [6.07, 6.45) is -5.29. The summed E-state index contributed by atoms with van der Waals surface area (Å²) in [4.78, 5) is 17.3. The van der Waals surface area contributed by atoms with Gasteiger partial charge in [0.25, 0.3) is 5.56 Å². The average molecular weight is 258 g/mol. The highest BCUT2D eigenvalue weighted by Crippen LogP contribution is 2.29. The highest BCUT2D eigenvalue weighted by molar-refractivity contribution is 5.02. The van der Waals surface area contributed by atoms with Crippen LogP contribution in [0.15, 0.2) is 17.1 Å². The number of aliphatic hydroxyl groups excluding tert-OH is 4. The zero-order valence-corrected chi connectivity index (χ0v) is 9.30. The maximum absolute atomic E-state index is 11.1. The quantitative estimate of drug-likeness (QED) is 0.389. The molecule has 0 aromatic carbocycles. The Morgan fingerprint density at radius 3 is 2.61 bits per heavy atom. The molecule has 1 aromatic rings. The molecule has 5 atom stereocenters. The molecule has 8 heteroatoms. The number of hydrogen-bond donors (Lipinski definition) is 5. The first-order valence-electron chi connectivity index (χ1n) is 5.40. The molecule has 5 N–H and O–H groups in total. The van der Waals surface area contributed by atoms with Crippen LogP contribution in [0, 0.1) is 0 Å². The summed E-state index contributed by atoms with van der Waals surface area (Å²) < 4.78 is 5.23. The number of hydrogen-bond acceptors (Lipinski definition) is 7. The van der Waals surface area contributed by atoms with Crippen LogP contribution in [0.3, 0.4) is 0 Å². The van der Waals surface area contributed by atoms with Gasteiger partial charge in [-0.05, 0) is 0 Å². The summed E-state index contributed by atoms with van der Waals surface area (Å²) in [5.74, 6) is 0.0272. The van der Waals surface area contributed by atoms with E-state index in [4.69, 9.17) is 9.84 Å². The Bertz CT molecular complexity index is 462. The van der Waals surface area contributed by atoms with E-state index >= 15 is 0 Å². The lowest BCUT2D eigenvalue weighted by atomic mass is 9.95. The Balaban J connectivity index is 2.29. The predicted molar refractivity (Wildman–Crippen MR) is 57.6 cm³/mol. The molecular weight excluding hydrogens is 244 g/mol. The number of ether oxygens (including phenoxy) is 1. The topological polar surface area (TPSA) is 136 Å². The second-order valence-electron chi connectivity index (χ2n) is 4.07. The molecule has 1 fully saturated rings. The number of nitrogens with zero attached hydrogens (tertiary/aromatic N) is 1. The number of aromatic nitrogens is 2. The van der Waals surface area contributed by atoms with Crippen LogP contribution < -0.4 is 5.56 Å². The Morgan fingerprint density at radius 2 is 2.00 bits per heavy atom. The molecule has 1 aliphatic heterocycles. The molecule has 0 spiro atoms. The zero-order valence-electron chi connectivity index (χ0n) is 9.30. The summed E-state index contributed by atoms with van der Waals surface area (Å²) >= 11 is 0. The number of H-pyrrole nitrogens is 1. The minimum Gasteiger partial charge on any atom is -0.394 e. The van der Waals surface area contributed by atoms with E-state index in [9.17, 15) is 20.1 Å². The van der Waals surface area contributed by atoms with Crippen LogP contribution in [0.4, 0.5) is 0 Å².